The molecule has 0 spiro atoms. The third-order valence-electron chi connectivity index (χ3n) is 4.46. The van der Waals surface area contributed by atoms with Crippen molar-refractivity contribution >= 4 is 29.9 Å². The van der Waals surface area contributed by atoms with E-state index in [2.05, 4.69) is 47.1 Å². The number of guanidine groups is 1. The molecule has 0 saturated carbocycles. The number of hydrogen-bond acceptors (Lipinski definition) is 4. The Bertz CT molecular complexity index is 555. The molecule has 6 nitrogen and oxygen atoms in total. The molecule has 0 atom stereocenters. The minimum Gasteiger partial charge on any atom is -0.493 e. The summed E-state index contributed by atoms with van der Waals surface area (Å²) >= 11 is 0. The monoisotopic (exact) mass is 492 g/mol. The predicted octanol–water partition coefficient (Wildman–Crippen LogP) is 3.10. The predicted molar refractivity (Wildman–Crippen MR) is 125 cm³/mol. The van der Waals surface area contributed by atoms with Crippen LogP contribution in [0.1, 0.15) is 25.8 Å². The van der Waals surface area contributed by atoms with Gasteiger partial charge in [-0.05, 0) is 43.6 Å². The highest BCUT2D eigenvalue weighted by atomic mass is 127. The van der Waals surface area contributed by atoms with Crippen molar-refractivity contribution in [2.24, 2.45) is 4.99 Å². The van der Waals surface area contributed by atoms with Gasteiger partial charge in [0.1, 0.15) is 0 Å². The molecule has 0 aliphatic carbocycles. The first-order valence-corrected chi connectivity index (χ1v) is 9.44. The van der Waals surface area contributed by atoms with Crippen LogP contribution < -0.4 is 14.8 Å². The first-order chi connectivity index (χ1) is 12.6. The Hall–Kier alpha value is -1.22. The van der Waals surface area contributed by atoms with Gasteiger partial charge >= 0.3 is 0 Å². The van der Waals surface area contributed by atoms with Gasteiger partial charge in [-0.15, -0.1) is 24.0 Å². The van der Waals surface area contributed by atoms with Gasteiger partial charge in [-0.2, -0.15) is 0 Å². The summed E-state index contributed by atoms with van der Waals surface area (Å²) in [5.41, 5.74) is 1.21. The van der Waals surface area contributed by atoms with Crippen LogP contribution >= 0.6 is 24.0 Å². The van der Waals surface area contributed by atoms with E-state index in [0.717, 1.165) is 56.6 Å². The van der Waals surface area contributed by atoms with Crippen LogP contribution in [0.15, 0.2) is 23.2 Å². The second-order valence-electron chi connectivity index (χ2n) is 6.27. The molecule has 0 saturated heterocycles. The van der Waals surface area contributed by atoms with Crippen LogP contribution in [-0.4, -0.2) is 76.8 Å². The van der Waals surface area contributed by atoms with Crippen LogP contribution in [0, 0.1) is 0 Å². The number of aliphatic imine (C=N–C) groups is 1. The summed E-state index contributed by atoms with van der Waals surface area (Å²) < 4.78 is 10.7. The van der Waals surface area contributed by atoms with Gasteiger partial charge in [0.2, 0.25) is 0 Å². The van der Waals surface area contributed by atoms with E-state index < -0.39 is 0 Å². The molecule has 1 aromatic carbocycles. The van der Waals surface area contributed by atoms with Crippen LogP contribution in [0.3, 0.4) is 0 Å². The maximum Gasteiger partial charge on any atom is 0.193 e. The lowest BCUT2D eigenvalue weighted by atomic mass is 10.1. The van der Waals surface area contributed by atoms with Gasteiger partial charge in [0.15, 0.2) is 17.5 Å². The van der Waals surface area contributed by atoms with Gasteiger partial charge in [0.25, 0.3) is 0 Å². The minimum absolute atomic E-state index is 0. The van der Waals surface area contributed by atoms with Gasteiger partial charge in [-0.3, -0.25) is 4.99 Å². The Balaban J connectivity index is 0.00000676. The number of benzene rings is 1. The van der Waals surface area contributed by atoms with Crippen molar-refractivity contribution in [2.75, 3.05) is 61.0 Å². The summed E-state index contributed by atoms with van der Waals surface area (Å²) in [6.07, 6.45) is 2.10. The third kappa shape index (κ3) is 9.01. The summed E-state index contributed by atoms with van der Waals surface area (Å²) in [5, 5.41) is 3.46. The smallest absolute Gasteiger partial charge is 0.193 e. The van der Waals surface area contributed by atoms with E-state index in [-0.39, 0.29) is 24.0 Å². The minimum atomic E-state index is 0. The van der Waals surface area contributed by atoms with Crippen molar-refractivity contribution in [3.63, 3.8) is 0 Å². The molecule has 0 fully saturated rings. The number of rotatable bonds is 11. The standard InChI is InChI=1S/C20H36N4O2.HI/c1-7-13-24(8-2)15-12-22-20(21-3)23(4)14-11-17-9-10-18(25-5)19(16-17)26-6;/h9-10,16H,7-8,11-15H2,1-6H3,(H,21,22);1H. The zero-order valence-corrected chi connectivity index (χ0v) is 20.1. The van der Waals surface area contributed by atoms with Crippen LogP contribution in [0.4, 0.5) is 0 Å². The normalized spacial score (nSPS) is 11.1. The molecular weight excluding hydrogens is 455 g/mol. The second-order valence-corrected chi connectivity index (χ2v) is 6.27. The SMILES string of the molecule is CCCN(CC)CCNC(=NC)N(C)CCc1ccc(OC)c(OC)c1.I. The fraction of sp³-hybridized carbons (Fsp3) is 0.650. The van der Waals surface area contributed by atoms with Crippen molar-refractivity contribution in [1.29, 1.82) is 0 Å². The molecule has 0 aliphatic heterocycles. The number of nitrogens with zero attached hydrogens (tertiary/aromatic N) is 3. The summed E-state index contributed by atoms with van der Waals surface area (Å²) in [6, 6.07) is 6.07. The fourth-order valence-electron chi connectivity index (χ4n) is 2.89. The second kappa shape index (κ2) is 14.8. The van der Waals surface area contributed by atoms with E-state index >= 15 is 0 Å². The highest BCUT2D eigenvalue weighted by Crippen LogP contribution is 2.27. The average molecular weight is 492 g/mol. The zero-order valence-electron chi connectivity index (χ0n) is 17.7. The first-order valence-electron chi connectivity index (χ1n) is 9.44. The van der Waals surface area contributed by atoms with Crippen molar-refractivity contribution in [2.45, 2.75) is 26.7 Å². The van der Waals surface area contributed by atoms with Gasteiger partial charge in [-0.25, -0.2) is 0 Å². The molecular formula is C20H37IN4O2. The van der Waals surface area contributed by atoms with E-state index in [9.17, 15) is 0 Å². The molecule has 0 amide bonds. The molecule has 0 radical (unpaired) electrons. The molecule has 156 valence electrons. The Kier molecular flexibility index (Phi) is 14.1. The zero-order chi connectivity index (χ0) is 19.4. The summed E-state index contributed by atoms with van der Waals surface area (Å²) in [5.74, 6) is 2.46. The molecule has 0 aliphatic rings. The maximum atomic E-state index is 5.38. The highest BCUT2D eigenvalue weighted by molar-refractivity contribution is 14.0. The number of methoxy groups -OCH3 is 2. The molecule has 27 heavy (non-hydrogen) atoms. The maximum absolute atomic E-state index is 5.38. The van der Waals surface area contributed by atoms with Crippen molar-refractivity contribution < 1.29 is 9.47 Å². The Labute approximate surface area is 182 Å². The van der Waals surface area contributed by atoms with Gasteiger partial charge in [0.05, 0.1) is 14.2 Å². The molecule has 0 unspecified atom stereocenters. The molecule has 0 bridgehead atoms. The van der Waals surface area contributed by atoms with E-state index in [4.69, 9.17) is 9.47 Å². The quantitative estimate of drug-likeness (QED) is 0.292. The number of hydrogen-bond donors (Lipinski definition) is 1. The summed E-state index contributed by atoms with van der Waals surface area (Å²) in [7, 11) is 7.22. The van der Waals surface area contributed by atoms with Crippen LogP contribution in [0.2, 0.25) is 0 Å². The van der Waals surface area contributed by atoms with Gasteiger partial charge in [-0.1, -0.05) is 19.9 Å². The van der Waals surface area contributed by atoms with E-state index in [0.29, 0.717) is 0 Å². The lowest BCUT2D eigenvalue weighted by molar-refractivity contribution is 0.291. The molecule has 0 aromatic heterocycles. The largest absolute Gasteiger partial charge is 0.493 e. The average Bonchev–Trinajstić information content (AvgIpc) is 2.68. The van der Waals surface area contributed by atoms with Crippen molar-refractivity contribution in [1.82, 2.24) is 15.1 Å². The summed E-state index contributed by atoms with van der Waals surface area (Å²) in [6.45, 7) is 9.47. The van der Waals surface area contributed by atoms with E-state index in [1.165, 1.54) is 12.0 Å². The molecule has 0 heterocycles. The topological polar surface area (TPSA) is 49.3 Å². The molecule has 1 N–H and O–H groups in total. The van der Waals surface area contributed by atoms with Crippen molar-refractivity contribution in [3.05, 3.63) is 23.8 Å². The lowest BCUT2D eigenvalue weighted by Crippen LogP contribution is -2.43. The summed E-state index contributed by atoms with van der Waals surface area (Å²) in [4.78, 5) is 9.01. The van der Waals surface area contributed by atoms with Crippen LogP contribution in [0.25, 0.3) is 0 Å². The number of nitrogens with one attached hydrogen (secondary N) is 1. The van der Waals surface area contributed by atoms with E-state index in [1.807, 2.05) is 19.2 Å². The van der Waals surface area contributed by atoms with Crippen LogP contribution in [-0.2, 0) is 6.42 Å². The van der Waals surface area contributed by atoms with Gasteiger partial charge < -0.3 is 24.6 Å². The van der Waals surface area contributed by atoms with Crippen molar-refractivity contribution in [3.8, 4) is 11.5 Å². The Morgan fingerprint density at radius 2 is 1.78 bits per heavy atom. The number of ether oxygens (including phenoxy) is 2. The number of halogens is 1. The van der Waals surface area contributed by atoms with Gasteiger partial charge in [0, 0.05) is 33.7 Å². The molecule has 1 aromatic rings. The van der Waals surface area contributed by atoms with Crippen LogP contribution in [0.5, 0.6) is 11.5 Å². The Morgan fingerprint density at radius 1 is 1.07 bits per heavy atom. The first kappa shape index (κ1) is 25.8. The number of likely N-dealkylation sites (N-methyl/N-ethyl adjacent to an activating group) is 2. The highest BCUT2D eigenvalue weighted by Gasteiger charge is 2.09. The Morgan fingerprint density at radius 3 is 2.33 bits per heavy atom. The third-order valence-corrected chi connectivity index (χ3v) is 4.46. The van der Waals surface area contributed by atoms with E-state index in [1.54, 1.807) is 14.2 Å². The molecule has 7 heteroatoms. The molecule has 1 rings (SSSR count). The lowest BCUT2D eigenvalue weighted by Gasteiger charge is -2.24. The fourth-order valence-corrected chi connectivity index (χ4v) is 2.89.